The number of carbonyl (C=O) groups excluding carboxylic acids is 1. The molecule has 0 bridgehead atoms. The maximum Gasteiger partial charge on any atom is 0.264 e. The topological polar surface area (TPSA) is 75.7 Å². The summed E-state index contributed by atoms with van der Waals surface area (Å²) in [4.78, 5) is 14.8. The van der Waals surface area contributed by atoms with Crippen molar-refractivity contribution >= 4 is 39.1 Å². The number of aryl methyl sites for hydroxylation is 1. The fourth-order valence-corrected chi connectivity index (χ4v) is 6.66. The van der Waals surface area contributed by atoms with E-state index in [1.807, 2.05) is 78.9 Å². The minimum Gasteiger partial charge on any atom is -0.484 e. The molecule has 0 saturated carbocycles. The quantitative estimate of drug-likeness (QED) is 0.303. The summed E-state index contributed by atoms with van der Waals surface area (Å²) in [7, 11) is -3.70. The molecule has 0 unspecified atom stereocenters. The summed E-state index contributed by atoms with van der Waals surface area (Å²) in [5.74, 6) is 0.114. The Morgan fingerprint density at radius 1 is 0.865 bits per heavy atom. The second-order valence-corrected chi connectivity index (χ2v) is 11.5. The van der Waals surface area contributed by atoms with Crippen molar-refractivity contribution in [1.29, 1.82) is 0 Å². The van der Waals surface area contributed by atoms with Gasteiger partial charge < -0.3 is 10.1 Å². The molecule has 0 spiro atoms. The van der Waals surface area contributed by atoms with Crippen molar-refractivity contribution in [1.82, 2.24) is 0 Å². The average Bonchev–Trinajstić information content (AvgIpc) is 2.93. The van der Waals surface area contributed by atoms with Gasteiger partial charge in [0.25, 0.3) is 15.9 Å². The Labute approximate surface area is 221 Å². The highest BCUT2D eigenvalue weighted by Crippen LogP contribution is 2.34. The normalized spacial score (nSPS) is 13.0. The Hall–Kier alpha value is -3.75. The number of nitrogens with zero attached hydrogens (tertiary/aromatic N) is 1. The number of rotatable bonds is 8. The second-order valence-electron chi connectivity index (χ2n) is 8.53. The number of para-hydroxylation sites is 2. The van der Waals surface area contributed by atoms with Gasteiger partial charge in [-0.3, -0.25) is 9.10 Å². The van der Waals surface area contributed by atoms with E-state index < -0.39 is 10.0 Å². The Bertz CT molecular complexity index is 1490. The predicted octanol–water partition coefficient (Wildman–Crippen LogP) is 6.00. The molecular formula is C29H26N2O4S2. The molecule has 1 aliphatic rings. The van der Waals surface area contributed by atoms with Crippen molar-refractivity contribution in [3.8, 4) is 5.75 Å². The summed E-state index contributed by atoms with van der Waals surface area (Å²) in [5.41, 5.74) is 2.47. The first-order valence-electron chi connectivity index (χ1n) is 12.0. The van der Waals surface area contributed by atoms with Crippen LogP contribution in [0.1, 0.15) is 12.0 Å². The van der Waals surface area contributed by atoms with Gasteiger partial charge in [0, 0.05) is 16.3 Å². The van der Waals surface area contributed by atoms with E-state index in [9.17, 15) is 13.2 Å². The highest BCUT2D eigenvalue weighted by Gasteiger charge is 2.28. The SMILES string of the molecule is O=C(COc1ccc(S(=O)(=O)N2CCCc3ccccc32)cc1)Nc1ccccc1Sc1ccccc1. The first kappa shape index (κ1) is 24.9. The molecule has 4 aromatic carbocycles. The Kier molecular flexibility index (Phi) is 7.48. The zero-order valence-corrected chi connectivity index (χ0v) is 21.7. The average molecular weight is 531 g/mol. The van der Waals surface area contributed by atoms with Gasteiger partial charge in [-0.1, -0.05) is 60.3 Å². The molecule has 1 heterocycles. The number of fused-ring (bicyclic) bond motifs is 1. The number of benzene rings is 4. The van der Waals surface area contributed by atoms with Crippen LogP contribution in [0.4, 0.5) is 11.4 Å². The minimum atomic E-state index is -3.70. The molecule has 1 aliphatic heterocycles. The van der Waals surface area contributed by atoms with E-state index in [1.165, 1.54) is 16.4 Å². The predicted molar refractivity (Wildman–Crippen MR) is 147 cm³/mol. The third-order valence-corrected chi connectivity index (χ3v) is 8.89. The molecule has 0 saturated heterocycles. The van der Waals surface area contributed by atoms with Gasteiger partial charge in [-0.2, -0.15) is 0 Å². The van der Waals surface area contributed by atoms with Crippen molar-refractivity contribution in [3.05, 3.63) is 109 Å². The first-order chi connectivity index (χ1) is 18.0. The van der Waals surface area contributed by atoms with Gasteiger partial charge in [-0.15, -0.1) is 0 Å². The number of sulfonamides is 1. The van der Waals surface area contributed by atoms with E-state index in [4.69, 9.17) is 4.74 Å². The van der Waals surface area contributed by atoms with E-state index in [1.54, 1.807) is 23.9 Å². The van der Waals surface area contributed by atoms with E-state index in [-0.39, 0.29) is 17.4 Å². The molecule has 0 fully saturated rings. The molecule has 0 radical (unpaired) electrons. The molecule has 6 nitrogen and oxygen atoms in total. The van der Waals surface area contributed by atoms with Gasteiger partial charge >= 0.3 is 0 Å². The number of hydrogen-bond acceptors (Lipinski definition) is 5. The zero-order chi connectivity index (χ0) is 25.7. The zero-order valence-electron chi connectivity index (χ0n) is 20.0. The van der Waals surface area contributed by atoms with Crippen molar-refractivity contribution in [2.24, 2.45) is 0 Å². The molecule has 0 atom stereocenters. The summed E-state index contributed by atoms with van der Waals surface area (Å²) < 4.78 is 33.7. The van der Waals surface area contributed by atoms with Crippen LogP contribution >= 0.6 is 11.8 Å². The summed E-state index contributed by atoms with van der Waals surface area (Å²) in [6.45, 7) is 0.248. The maximum atomic E-state index is 13.3. The number of carbonyl (C=O) groups is 1. The van der Waals surface area contributed by atoms with Crippen LogP contribution < -0.4 is 14.4 Å². The van der Waals surface area contributed by atoms with Crippen LogP contribution in [0.2, 0.25) is 0 Å². The number of amides is 1. The molecule has 0 aliphatic carbocycles. The second kappa shape index (κ2) is 11.1. The van der Waals surface area contributed by atoms with Crippen molar-refractivity contribution in [2.75, 3.05) is 22.8 Å². The van der Waals surface area contributed by atoms with E-state index in [2.05, 4.69) is 5.32 Å². The van der Waals surface area contributed by atoms with Crippen LogP contribution in [0.3, 0.4) is 0 Å². The molecule has 37 heavy (non-hydrogen) atoms. The van der Waals surface area contributed by atoms with Crippen LogP contribution in [-0.2, 0) is 21.2 Å². The minimum absolute atomic E-state index is 0.188. The number of ether oxygens (including phenoxy) is 1. The highest BCUT2D eigenvalue weighted by molar-refractivity contribution is 7.99. The molecule has 1 N–H and O–H groups in total. The van der Waals surface area contributed by atoms with Crippen LogP contribution in [-0.4, -0.2) is 27.5 Å². The van der Waals surface area contributed by atoms with Gasteiger partial charge in [0.05, 0.1) is 16.3 Å². The van der Waals surface area contributed by atoms with Crippen LogP contribution in [0.15, 0.2) is 118 Å². The fraction of sp³-hybridized carbons (Fsp3) is 0.138. The smallest absolute Gasteiger partial charge is 0.264 e. The molecule has 5 rings (SSSR count). The number of hydrogen-bond donors (Lipinski definition) is 1. The van der Waals surface area contributed by atoms with Crippen LogP contribution in [0, 0.1) is 0 Å². The number of nitrogens with one attached hydrogen (secondary N) is 1. The summed E-state index contributed by atoms with van der Waals surface area (Å²) in [6.07, 6.45) is 1.64. The lowest BCUT2D eigenvalue weighted by Crippen LogP contribution is -2.35. The largest absolute Gasteiger partial charge is 0.484 e. The van der Waals surface area contributed by atoms with Crippen molar-refractivity contribution in [3.63, 3.8) is 0 Å². The molecular weight excluding hydrogens is 504 g/mol. The molecule has 188 valence electrons. The maximum absolute atomic E-state index is 13.3. The van der Waals surface area contributed by atoms with Gasteiger partial charge in [-0.05, 0) is 73.0 Å². The van der Waals surface area contributed by atoms with Gasteiger partial charge in [-0.25, -0.2) is 8.42 Å². The first-order valence-corrected chi connectivity index (χ1v) is 14.2. The molecule has 4 aromatic rings. The third-order valence-electron chi connectivity index (χ3n) is 5.98. The lowest BCUT2D eigenvalue weighted by molar-refractivity contribution is -0.118. The van der Waals surface area contributed by atoms with Gasteiger partial charge in [0.2, 0.25) is 0 Å². The monoisotopic (exact) mass is 530 g/mol. The lowest BCUT2D eigenvalue weighted by Gasteiger charge is -2.30. The Balaban J connectivity index is 1.22. The molecule has 0 aromatic heterocycles. The third kappa shape index (κ3) is 5.81. The van der Waals surface area contributed by atoms with Crippen LogP contribution in [0.25, 0.3) is 0 Å². The Morgan fingerprint density at radius 3 is 2.38 bits per heavy atom. The molecule has 1 amide bonds. The van der Waals surface area contributed by atoms with Crippen molar-refractivity contribution < 1.29 is 17.9 Å². The lowest BCUT2D eigenvalue weighted by atomic mass is 10.0. The van der Waals surface area contributed by atoms with Crippen LogP contribution in [0.5, 0.6) is 5.75 Å². The highest BCUT2D eigenvalue weighted by atomic mass is 32.2. The summed E-state index contributed by atoms with van der Waals surface area (Å²) in [6, 6.07) is 31.3. The van der Waals surface area contributed by atoms with Gasteiger partial charge in [0.1, 0.15) is 5.75 Å². The number of anilines is 2. The van der Waals surface area contributed by atoms with E-state index in [0.29, 0.717) is 18.0 Å². The standard InChI is InChI=1S/C29H26N2O4S2/c32-29(30-26-13-5-7-15-28(26)36-24-11-2-1-3-12-24)21-35-23-16-18-25(19-17-23)37(33,34)31-20-8-10-22-9-4-6-14-27(22)31/h1-7,9,11-19H,8,10,20-21H2,(H,30,32). The fourth-order valence-electron chi connectivity index (χ4n) is 4.19. The summed E-state index contributed by atoms with van der Waals surface area (Å²) in [5, 5.41) is 2.90. The summed E-state index contributed by atoms with van der Waals surface area (Å²) >= 11 is 1.57. The van der Waals surface area contributed by atoms with Crippen molar-refractivity contribution in [2.45, 2.75) is 27.5 Å². The van der Waals surface area contributed by atoms with E-state index >= 15 is 0 Å². The van der Waals surface area contributed by atoms with E-state index in [0.717, 1.165) is 33.9 Å². The Morgan fingerprint density at radius 2 is 1.57 bits per heavy atom. The van der Waals surface area contributed by atoms with Gasteiger partial charge in [0.15, 0.2) is 6.61 Å². The molecule has 8 heteroatoms.